The molecule has 2 atom stereocenters. The number of hydrogen-bond donors (Lipinski definition) is 1. The zero-order chi connectivity index (χ0) is 14.8. The number of hydrogen-bond acceptors (Lipinski definition) is 2. The van der Waals surface area contributed by atoms with Crippen molar-refractivity contribution in [3.63, 3.8) is 0 Å². The van der Waals surface area contributed by atoms with Crippen molar-refractivity contribution in [3.05, 3.63) is 70.0 Å². The summed E-state index contributed by atoms with van der Waals surface area (Å²) in [5.74, 6) is -0.323. The Hall–Kier alpha value is -1.42. The highest BCUT2D eigenvalue weighted by molar-refractivity contribution is 6.30. The van der Waals surface area contributed by atoms with E-state index in [1.54, 1.807) is 6.07 Å². The zero-order valence-corrected chi connectivity index (χ0v) is 12.3. The lowest BCUT2D eigenvalue weighted by molar-refractivity contribution is 0.0318. The molecule has 0 aromatic heterocycles. The second-order valence-corrected chi connectivity index (χ2v) is 5.75. The number of nitrogens with two attached hydrogens (primary N) is 1. The SMILES string of the molecule is NC(CC1OCCc2ccccc21)c1cc(Cl)ccc1F. The van der Waals surface area contributed by atoms with Gasteiger partial charge < -0.3 is 10.5 Å². The van der Waals surface area contributed by atoms with Crippen LogP contribution in [0.25, 0.3) is 0 Å². The molecule has 0 amide bonds. The molecule has 21 heavy (non-hydrogen) atoms. The van der Waals surface area contributed by atoms with E-state index in [2.05, 4.69) is 12.1 Å². The Morgan fingerprint density at radius 3 is 2.95 bits per heavy atom. The molecule has 0 spiro atoms. The van der Waals surface area contributed by atoms with Gasteiger partial charge in [0.2, 0.25) is 0 Å². The van der Waals surface area contributed by atoms with Crippen LogP contribution in [0.2, 0.25) is 5.02 Å². The molecule has 1 aliphatic heterocycles. The molecule has 4 heteroatoms. The maximum absolute atomic E-state index is 13.9. The van der Waals surface area contributed by atoms with Crippen molar-refractivity contribution in [1.82, 2.24) is 0 Å². The van der Waals surface area contributed by atoms with Gasteiger partial charge in [-0.15, -0.1) is 0 Å². The smallest absolute Gasteiger partial charge is 0.128 e. The minimum Gasteiger partial charge on any atom is -0.373 e. The minimum atomic E-state index is -0.445. The molecule has 0 saturated heterocycles. The van der Waals surface area contributed by atoms with Crippen LogP contribution in [0.4, 0.5) is 4.39 Å². The van der Waals surface area contributed by atoms with E-state index in [1.165, 1.54) is 17.7 Å². The first kappa shape index (κ1) is 14.5. The van der Waals surface area contributed by atoms with Crippen LogP contribution >= 0.6 is 11.6 Å². The fraction of sp³-hybridized carbons (Fsp3) is 0.294. The summed E-state index contributed by atoms with van der Waals surface area (Å²) in [7, 11) is 0. The fourth-order valence-corrected chi connectivity index (χ4v) is 3.01. The lowest BCUT2D eigenvalue weighted by atomic mass is 9.91. The number of benzene rings is 2. The molecule has 0 saturated carbocycles. The molecule has 2 N–H and O–H groups in total. The summed E-state index contributed by atoms with van der Waals surface area (Å²) in [6, 6.07) is 12.2. The van der Waals surface area contributed by atoms with Crippen LogP contribution in [-0.2, 0) is 11.2 Å². The summed E-state index contributed by atoms with van der Waals surface area (Å²) in [6.07, 6.45) is 1.35. The van der Waals surface area contributed by atoms with Gasteiger partial charge in [0, 0.05) is 16.6 Å². The van der Waals surface area contributed by atoms with E-state index in [9.17, 15) is 4.39 Å². The Bertz CT molecular complexity index is 646. The minimum absolute atomic E-state index is 0.0941. The maximum atomic E-state index is 13.9. The molecule has 0 bridgehead atoms. The van der Waals surface area contributed by atoms with Gasteiger partial charge in [-0.1, -0.05) is 35.9 Å². The average Bonchev–Trinajstić information content (AvgIpc) is 2.50. The first-order valence-electron chi connectivity index (χ1n) is 7.05. The monoisotopic (exact) mass is 305 g/mol. The summed E-state index contributed by atoms with van der Waals surface area (Å²) in [5.41, 5.74) is 9.05. The normalized spacial score (nSPS) is 19.1. The zero-order valence-electron chi connectivity index (χ0n) is 11.6. The van der Waals surface area contributed by atoms with E-state index in [-0.39, 0.29) is 11.9 Å². The van der Waals surface area contributed by atoms with Gasteiger partial charge in [-0.25, -0.2) is 4.39 Å². The fourth-order valence-electron chi connectivity index (χ4n) is 2.83. The number of fused-ring (bicyclic) bond motifs is 1. The third-order valence-electron chi connectivity index (χ3n) is 3.92. The van der Waals surface area contributed by atoms with Crippen LogP contribution < -0.4 is 5.73 Å². The van der Waals surface area contributed by atoms with Crippen molar-refractivity contribution in [3.8, 4) is 0 Å². The Morgan fingerprint density at radius 1 is 1.29 bits per heavy atom. The molecule has 0 radical (unpaired) electrons. The first-order valence-corrected chi connectivity index (χ1v) is 7.43. The van der Waals surface area contributed by atoms with Crippen LogP contribution in [0, 0.1) is 5.82 Å². The molecule has 2 unspecified atom stereocenters. The van der Waals surface area contributed by atoms with Crippen LogP contribution in [-0.4, -0.2) is 6.61 Å². The lowest BCUT2D eigenvalue weighted by Gasteiger charge is -2.28. The van der Waals surface area contributed by atoms with Crippen LogP contribution in [0.15, 0.2) is 42.5 Å². The predicted octanol–water partition coefficient (Wildman–Crippen LogP) is 4.18. The highest BCUT2D eigenvalue weighted by Gasteiger charge is 2.24. The largest absolute Gasteiger partial charge is 0.373 e. The Balaban J connectivity index is 1.82. The quantitative estimate of drug-likeness (QED) is 0.923. The van der Waals surface area contributed by atoms with E-state index in [0.717, 1.165) is 12.0 Å². The van der Waals surface area contributed by atoms with Crippen molar-refractivity contribution < 1.29 is 9.13 Å². The second-order valence-electron chi connectivity index (χ2n) is 5.32. The van der Waals surface area contributed by atoms with Crippen molar-refractivity contribution in [2.75, 3.05) is 6.61 Å². The van der Waals surface area contributed by atoms with E-state index in [4.69, 9.17) is 22.1 Å². The van der Waals surface area contributed by atoms with Crippen molar-refractivity contribution in [2.24, 2.45) is 5.73 Å². The summed E-state index contributed by atoms with van der Waals surface area (Å²) >= 11 is 5.93. The average molecular weight is 306 g/mol. The van der Waals surface area contributed by atoms with Crippen LogP contribution in [0.5, 0.6) is 0 Å². The van der Waals surface area contributed by atoms with Gasteiger partial charge in [-0.3, -0.25) is 0 Å². The van der Waals surface area contributed by atoms with E-state index in [1.807, 2.05) is 12.1 Å². The number of rotatable bonds is 3. The van der Waals surface area contributed by atoms with Gasteiger partial charge in [0.05, 0.1) is 12.7 Å². The standard InChI is InChI=1S/C17H17ClFNO/c18-12-5-6-15(19)14(9-12)16(20)10-17-13-4-2-1-3-11(13)7-8-21-17/h1-6,9,16-17H,7-8,10,20H2. The highest BCUT2D eigenvalue weighted by Crippen LogP contribution is 2.34. The van der Waals surface area contributed by atoms with Gasteiger partial charge in [-0.2, -0.15) is 0 Å². The Kier molecular flexibility index (Phi) is 4.24. The molecule has 2 aromatic carbocycles. The Morgan fingerprint density at radius 2 is 2.10 bits per heavy atom. The highest BCUT2D eigenvalue weighted by atomic mass is 35.5. The molecule has 1 heterocycles. The van der Waals surface area contributed by atoms with Gasteiger partial charge in [0.1, 0.15) is 5.82 Å². The molecular weight excluding hydrogens is 289 g/mol. The molecular formula is C17H17ClFNO. The second kappa shape index (κ2) is 6.14. The molecule has 2 nitrogen and oxygen atoms in total. The summed E-state index contributed by atoms with van der Waals surface area (Å²) in [6.45, 7) is 0.673. The summed E-state index contributed by atoms with van der Waals surface area (Å²) < 4.78 is 19.7. The molecule has 1 aliphatic rings. The van der Waals surface area contributed by atoms with Crippen molar-refractivity contribution >= 4 is 11.6 Å². The van der Waals surface area contributed by atoms with Crippen molar-refractivity contribution in [2.45, 2.75) is 25.0 Å². The van der Waals surface area contributed by atoms with Gasteiger partial charge in [0.15, 0.2) is 0 Å². The van der Waals surface area contributed by atoms with Gasteiger partial charge >= 0.3 is 0 Å². The number of halogens is 2. The first-order chi connectivity index (χ1) is 10.1. The Labute approximate surface area is 128 Å². The summed E-state index contributed by atoms with van der Waals surface area (Å²) in [5, 5.41) is 0.492. The molecule has 3 rings (SSSR count). The molecule has 2 aromatic rings. The van der Waals surface area contributed by atoms with Gasteiger partial charge in [0.25, 0.3) is 0 Å². The molecule has 0 aliphatic carbocycles. The lowest BCUT2D eigenvalue weighted by Crippen LogP contribution is -2.22. The third-order valence-corrected chi connectivity index (χ3v) is 4.15. The molecule has 0 fully saturated rings. The van der Waals surface area contributed by atoms with Crippen LogP contribution in [0.1, 0.15) is 35.3 Å². The molecule has 110 valence electrons. The summed E-state index contributed by atoms with van der Waals surface area (Å²) in [4.78, 5) is 0. The number of ether oxygens (including phenoxy) is 1. The van der Waals surface area contributed by atoms with E-state index >= 15 is 0 Å². The van der Waals surface area contributed by atoms with E-state index < -0.39 is 6.04 Å². The van der Waals surface area contributed by atoms with Gasteiger partial charge in [-0.05, 0) is 42.2 Å². The van der Waals surface area contributed by atoms with Crippen LogP contribution in [0.3, 0.4) is 0 Å². The van der Waals surface area contributed by atoms with Crippen molar-refractivity contribution in [1.29, 1.82) is 0 Å². The van der Waals surface area contributed by atoms with E-state index in [0.29, 0.717) is 23.6 Å². The predicted molar refractivity (Wildman–Crippen MR) is 81.8 cm³/mol. The maximum Gasteiger partial charge on any atom is 0.128 e. The topological polar surface area (TPSA) is 35.2 Å². The third kappa shape index (κ3) is 3.10.